The third kappa shape index (κ3) is 3.93. The number of carbonyl (C=O) groups excluding carboxylic acids is 2. The van der Waals surface area contributed by atoms with Crippen molar-refractivity contribution in [3.63, 3.8) is 0 Å². The Balaban J connectivity index is 1.28. The summed E-state index contributed by atoms with van der Waals surface area (Å²) in [6.07, 6.45) is 0.619. The number of rotatable bonds is 6. The van der Waals surface area contributed by atoms with Crippen molar-refractivity contribution in [2.75, 3.05) is 19.9 Å². The van der Waals surface area contributed by atoms with Crippen LogP contribution in [0.5, 0.6) is 11.5 Å². The Morgan fingerprint density at radius 1 is 1.18 bits per heavy atom. The number of hydrogen-bond acceptors (Lipinski definition) is 4. The maximum absolute atomic E-state index is 13.7. The number of ether oxygens (including phenoxy) is 2. The summed E-state index contributed by atoms with van der Waals surface area (Å²) >= 11 is 0. The molecule has 1 atom stereocenters. The van der Waals surface area contributed by atoms with Gasteiger partial charge in [0.15, 0.2) is 11.5 Å². The molecule has 7 heteroatoms. The van der Waals surface area contributed by atoms with E-state index in [1.165, 1.54) is 6.07 Å². The number of nitrogens with zero attached hydrogens (tertiary/aromatic N) is 1. The lowest BCUT2D eigenvalue weighted by Crippen LogP contribution is -2.33. The minimum absolute atomic E-state index is 0.0698. The van der Waals surface area contributed by atoms with Gasteiger partial charge < -0.3 is 19.7 Å². The second-order valence-electron chi connectivity index (χ2n) is 6.99. The third-order valence-corrected chi connectivity index (χ3v) is 5.10. The van der Waals surface area contributed by atoms with Gasteiger partial charge in [-0.1, -0.05) is 24.3 Å². The minimum atomic E-state index is -0.387. The summed E-state index contributed by atoms with van der Waals surface area (Å²) in [5, 5.41) is 2.88. The van der Waals surface area contributed by atoms with Crippen molar-refractivity contribution in [2.24, 2.45) is 5.92 Å². The van der Waals surface area contributed by atoms with Crippen molar-refractivity contribution in [1.29, 1.82) is 0 Å². The van der Waals surface area contributed by atoms with Crippen molar-refractivity contribution >= 4 is 11.8 Å². The van der Waals surface area contributed by atoms with Crippen LogP contribution in [-0.4, -0.2) is 36.6 Å². The summed E-state index contributed by atoms with van der Waals surface area (Å²) in [5.41, 5.74) is 1.48. The molecular weight excluding hydrogens is 363 g/mol. The summed E-state index contributed by atoms with van der Waals surface area (Å²) in [7, 11) is 0. The zero-order chi connectivity index (χ0) is 19.5. The number of amides is 2. The number of nitrogens with one attached hydrogen (secondary N) is 1. The maximum Gasteiger partial charge on any atom is 0.231 e. The first-order valence-electron chi connectivity index (χ1n) is 9.27. The van der Waals surface area contributed by atoms with Crippen molar-refractivity contribution in [1.82, 2.24) is 10.2 Å². The first kappa shape index (κ1) is 18.3. The molecule has 0 saturated carbocycles. The quantitative estimate of drug-likeness (QED) is 0.830. The summed E-state index contributed by atoms with van der Waals surface area (Å²) in [6.45, 7) is 1.33. The summed E-state index contributed by atoms with van der Waals surface area (Å²) in [5.74, 6) is 0.484. The predicted octanol–water partition coefficient (Wildman–Crippen LogP) is 2.26. The average molecular weight is 384 g/mol. The molecule has 1 unspecified atom stereocenters. The number of benzene rings is 2. The molecule has 28 heavy (non-hydrogen) atoms. The molecular formula is C21H21FN2O4. The van der Waals surface area contributed by atoms with Crippen molar-refractivity contribution in [3.05, 3.63) is 59.4 Å². The number of hydrogen-bond donors (Lipinski definition) is 1. The van der Waals surface area contributed by atoms with Crippen LogP contribution >= 0.6 is 0 Å². The fourth-order valence-electron chi connectivity index (χ4n) is 3.50. The van der Waals surface area contributed by atoms with Crippen LogP contribution in [0.15, 0.2) is 42.5 Å². The van der Waals surface area contributed by atoms with Crippen molar-refractivity contribution in [2.45, 2.75) is 19.4 Å². The molecule has 146 valence electrons. The Labute approximate surface area is 162 Å². The van der Waals surface area contributed by atoms with E-state index in [1.54, 1.807) is 23.1 Å². The summed E-state index contributed by atoms with van der Waals surface area (Å²) in [4.78, 5) is 26.3. The monoisotopic (exact) mass is 384 g/mol. The van der Waals surface area contributed by atoms with E-state index in [9.17, 15) is 14.0 Å². The zero-order valence-corrected chi connectivity index (χ0v) is 15.3. The topological polar surface area (TPSA) is 67.9 Å². The summed E-state index contributed by atoms with van der Waals surface area (Å²) < 4.78 is 24.3. The fourth-order valence-corrected chi connectivity index (χ4v) is 3.50. The van der Waals surface area contributed by atoms with Crippen LogP contribution < -0.4 is 14.8 Å². The van der Waals surface area contributed by atoms with Gasteiger partial charge in [-0.15, -0.1) is 0 Å². The molecule has 2 aliphatic heterocycles. The van der Waals surface area contributed by atoms with E-state index in [2.05, 4.69) is 5.32 Å². The molecule has 4 rings (SSSR count). The normalized spacial score (nSPS) is 17.8. The highest BCUT2D eigenvalue weighted by Gasteiger charge is 2.34. The van der Waals surface area contributed by atoms with Crippen LogP contribution in [0, 0.1) is 11.7 Å². The lowest BCUT2D eigenvalue weighted by molar-refractivity contribution is -0.129. The van der Waals surface area contributed by atoms with Crippen LogP contribution in [0.3, 0.4) is 0 Å². The second kappa shape index (κ2) is 7.88. The highest BCUT2D eigenvalue weighted by molar-refractivity contribution is 5.89. The lowest BCUT2D eigenvalue weighted by Gasteiger charge is -2.17. The maximum atomic E-state index is 13.7. The van der Waals surface area contributed by atoms with E-state index in [1.807, 2.05) is 18.2 Å². The Morgan fingerprint density at radius 2 is 2.00 bits per heavy atom. The SMILES string of the molecule is O=C(NCc1ccc2c(c1)OCO2)C1CC(=O)N(CCc2ccccc2F)C1. The Bertz CT molecular complexity index is 902. The van der Waals surface area contributed by atoms with E-state index < -0.39 is 0 Å². The largest absolute Gasteiger partial charge is 0.454 e. The van der Waals surface area contributed by atoms with E-state index in [4.69, 9.17) is 9.47 Å². The highest BCUT2D eigenvalue weighted by Crippen LogP contribution is 2.32. The second-order valence-corrected chi connectivity index (χ2v) is 6.99. The first-order chi connectivity index (χ1) is 13.6. The van der Waals surface area contributed by atoms with Gasteiger partial charge in [0.1, 0.15) is 5.82 Å². The summed E-state index contributed by atoms with van der Waals surface area (Å²) in [6, 6.07) is 12.1. The number of likely N-dealkylation sites (tertiary alicyclic amines) is 1. The molecule has 0 radical (unpaired) electrons. The zero-order valence-electron chi connectivity index (χ0n) is 15.3. The van der Waals surface area contributed by atoms with Crippen LogP contribution in [0.1, 0.15) is 17.5 Å². The van der Waals surface area contributed by atoms with E-state index in [-0.39, 0.29) is 36.8 Å². The van der Waals surface area contributed by atoms with Crippen LogP contribution in [0.25, 0.3) is 0 Å². The molecule has 1 N–H and O–H groups in total. The van der Waals surface area contributed by atoms with Gasteiger partial charge in [0, 0.05) is 26.1 Å². The molecule has 0 aromatic heterocycles. The van der Waals surface area contributed by atoms with Crippen LogP contribution in [0.4, 0.5) is 4.39 Å². The average Bonchev–Trinajstić information content (AvgIpc) is 3.31. The smallest absolute Gasteiger partial charge is 0.231 e. The predicted molar refractivity (Wildman–Crippen MR) is 99.2 cm³/mol. The standard InChI is InChI=1S/C21H21FN2O4/c22-17-4-2-1-3-15(17)7-8-24-12-16(10-20(24)25)21(26)23-11-14-5-6-18-19(9-14)28-13-27-18/h1-6,9,16H,7-8,10-13H2,(H,23,26). The van der Waals surface area contributed by atoms with Gasteiger partial charge >= 0.3 is 0 Å². The van der Waals surface area contributed by atoms with Gasteiger partial charge in [-0.3, -0.25) is 9.59 Å². The van der Waals surface area contributed by atoms with E-state index in [0.717, 1.165) is 5.56 Å². The molecule has 0 bridgehead atoms. The molecule has 2 aromatic carbocycles. The lowest BCUT2D eigenvalue weighted by atomic mass is 10.1. The molecule has 6 nitrogen and oxygen atoms in total. The van der Waals surface area contributed by atoms with Gasteiger partial charge in [-0.05, 0) is 35.7 Å². The molecule has 0 aliphatic carbocycles. The van der Waals surface area contributed by atoms with Crippen LogP contribution in [-0.2, 0) is 22.6 Å². The van der Waals surface area contributed by atoms with Gasteiger partial charge in [-0.2, -0.15) is 0 Å². The molecule has 2 aliphatic rings. The Kier molecular flexibility index (Phi) is 5.14. The first-order valence-corrected chi connectivity index (χ1v) is 9.27. The van der Waals surface area contributed by atoms with Crippen molar-refractivity contribution < 1.29 is 23.5 Å². The van der Waals surface area contributed by atoms with Gasteiger partial charge in [0.25, 0.3) is 0 Å². The number of halogens is 1. The van der Waals surface area contributed by atoms with E-state index >= 15 is 0 Å². The molecule has 1 fully saturated rings. The molecule has 1 saturated heterocycles. The molecule has 0 spiro atoms. The van der Waals surface area contributed by atoms with Gasteiger partial charge in [-0.25, -0.2) is 4.39 Å². The molecule has 2 amide bonds. The number of fused-ring (bicyclic) bond motifs is 1. The Morgan fingerprint density at radius 3 is 2.86 bits per heavy atom. The van der Waals surface area contributed by atoms with Crippen LogP contribution in [0.2, 0.25) is 0 Å². The van der Waals surface area contributed by atoms with Crippen molar-refractivity contribution in [3.8, 4) is 11.5 Å². The minimum Gasteiger partial charge on any atom is -0.454 e. The van der Waals surface area contributed by atoms with Gasteiger partial charge in [0.2, 0.25) is 18.6 Å². The molecule has 2 heterocycles. The Hall–Kier alpha value is -3.09. The van der Waals surface area contributed by atoms with E-state index in [0.29, 0.717) is 43.1 Å². The third-order valence-electron chi connectivity index (χ3n) is 5.10. The van der Waals surface area contributed by atoms with Gasteiger partial charge in [0.05, 0.1) is 5.92 Å². The molecule has 2 aromatic rings. The fraction of sp³-hybridized carbons (Fsp3) is 0.333. The highest BCUT2D eigenvalue weighted by atomic mass is 19.1. The number of carbonyl (C=O) groups is 2.